The summed E-state index contributed by atoms with van der Waals surface area (Å²) in [5.41, 5.74) is 0.564. The number of carbonyl (C=O) groups excluding carboxylic acids is 1. The van der Waals surface area contributed by atoms with Crippen LogP contribution in [-0.2, 0) is 14.3 Å². The van der Waals surface area contributed by atoms with Crippen molar-refractivity contribution in [3.8, 4) is 5.75 Å². The van der Waals surface area contributed by atoms with Gasteiger partial charge in [0.05, 0.1) is 38.5 Å². The molecule has 1 aromatic rings. The molecule has 0 saturated carbocycles. The zero-order valence-corrected chi connectivity index (χ0v) is 12.8. The summed E-state index contributed by atoms with van der Waals surface area (Å²) in [6, 6.07) is 5.08. The largest absolute Gasteiger partial charge is 0.495 e. The Kier molecular flexibility index (Phi) is 6.29. The summed E-state index contributed by atoms with van der Waals surface area (Å²) in [5.74, 6) is 0.441. The number of nitrogens with one attached hydrogen (secondary N) is 1. The van der Waals surface area contributed by atoms with Crippen LogP contribution in [0.25, 0.3) is 0 Å². The SMILES string of the molecule is COc1ccc(Cl)cc1NC(=O)CCOC[C@H]1CCCO1. The van der Waals surface area contributed by atoms with E-state index in [4.69, 9.17) is 25.8 Å². The highest BCUT2D eigenvalue weighted by Crippen LogP contribution is 2.27. The predicted octanol–water partition coefficient (Wildman–Crippen LogP) is 2.87. The molecule has 0 bridgehead atoms. The van der Waals surface area contributed by atoms with E-state index in [0.29, 0.717) is 29.7 Å². The monoisotopic (exact) mass is 313 g/mol. The van der Waals surface area contributed by atoms with Crippen LogP contribution >= 0.6 is 11.6 Å². The van der Waals surface area contributed by atoms with E-state index >= 15 is 0 Å². The fraction of sp³-hybridized carbons (Fsp3) is 0.533. The first kappa shape index (κ1) is 16.1. The Hall–Kier alpha value is -1.30. The molecule has 0 unspecified atom stereocenters. The van der Waals surface area contributed by atoms with E-state index in [0.717, 1.165) is 19.4 Å². The van der Waals surface area contributed by atoms with E-state index in [1.165, 1.54) is 0 Å². The first-order chi connectivity index (χ1) is 10.2. The van der Waals surface area contributed by atoms with Gasteiger partial charge in [-0.05, 0) is 31.0 Å². The molecule has 1 aliphatic heterocycles. The first-order valence-electron chi connectivity index (χ1n) is 7.02. The summed E-state index contributed by atoms with van der Waals surface area (Å²) in [4.78, 5) is 11.9. The lowest BCUT2D eigenvalue weighted by Gasteiger charge is -2.12. The number of hydrogen-bond acceptors (Lipinski definition) is 4. The van der Waals surface area contributed by atoms with Crippen LogP contribution in [0, 0.1) is 0 Å². The van der Waals surface area contributed by atoms with E-state index < -0.39 is 0 Å². The molecule has 6 heteroatoms. The minimum Gasteiger partial charge on any atom is -0.495 e. The topological polar surface area (TPSA) is 56.8 Å². The van der Waals surface area contributed by atoms with Crippen LogP contribution in [0.1, 0.15) is 19.3 Å². The van der Waals surface area contributed by atoms with Gasteiger partial charge in [0, 0.05) is 11.6 Å². The van der Waals surface area contributed by atoms with Crippen molar-refractivity contribution in [2.75, 3.05) is 32.2 Å². The van der Waals surface area contributed by atoms with Crippen molar-refractivity contribution >= 4 is 23.2 Å². The number of halogens is 1. The predicted molar refractivity (Wildman–Crippen MR) is 81.0 cm³/mol. The molecule has 1 aliphatic rings. The van der Waals surface area contributed by atoms with Crippen LogP contribution in [0.3, 0.4) is 0 Å². The molecular formula is C15H20ClNO4. The van der Waals surface area contributed by atoms with Crippen LogP contribution in [0.5, 0.6) is 5.75 Å². The standard InChI is InChI=1S/C15H20ClNO4/c1-19-14-5-4-11(16)9-13(14)17-15(18)6-8-20-10-12-3-2-7-21-12/h4-5,9,12H,2-3,6-8,10H2,1H3,(H,17,18)/t12-/m1/s1. The maximum absolute atomic E-state index is 11.9. The third-order valence-corrected chi connectivity index (χ3v) is 3.47. The van der Waals surface area contributed by atoms with E-state index in [2.05, 4.69) is 5.32 Å². The Morgan fingerprint density at radius 1 is 1.52 bits per heavy atom. The lowest BCUT2D eigenvalue weighted by atomic mass is 10.2. The van der Waals surface area contributed by atoms with Crippen molar-refractivity contribution in [3.05, 3.63) is 23.2 Å². The Bertz CT molecular complexity index is 475. The molecule has 1 N–H and O–H groups in total. The van der Waals surface area contributed by atoms with Crippen LogP contribution < -0.4 is 10.1 Å². The Morgan fingerprint density at radius 3 is 3.10 bits per heavy atom. The van der Waals surface area contributed by atoms with Gasteiger partial charge >= 0.3 is 0 Å². The van der Waals surface area contributed by atoms with E-state index in [1.807, 2.05) is 0 Å². The molecule has 21 heavy (non-hydrogen) atoms. The minimum absolute atomic E-state index is 0.136. The molecule has 1 heterocycles. The van der Waals surface area contributed by atoms with Crippen molar-refractivity contribution in [2.45, 2.75) is 25.4 Å². The van der Waals surface area contributed by atoms with Gasteiger partial charge < -0.3 is 19.5 Å². The lowest BCUT2D eigenvalue weighted by molar-refractivity contribution is -0.117. The summed E-state index contributed by atoms with van der Waals surface area (Å²) >= 11 is 5.91. The zero-order valence-electron chi connectivity index (χ0n) is 12.1. The number of ether oxygens (including phenoxy) is 3. The highest BCUT2D eigenvalue weighted by molar-refractivity contribution is 6.31. The normalized spacial score (nSPS) is 17.7. The number of benzene rings is 1. The van der Waals surface area contributed by atoms with Gasteiger partial charge in [-0.1, -0.05) is 11.6 Å². The van der Waals surface area contributed by atoms with Crippen molar-refractivity contribution in [1.82, 2.24) is 0 Å². The molecule has 116 valence electrons. The van der Waals surface area contributed by atoms with Crippen LogP contribution in [-0.4, -0.2) is 38.9 Å². The third kappa shape index (κ3) is 5.19. The van der Waals surface area contributed by atoms with E-state index in [-0.39, 0.29) is 18.4 Å². The summed E-state index contributed by atoms with van der Waals surface area (Å²) in [6.07, 6.45) is 2.58. The summed E-state index contributed by atoms with van der Waals surface area (Å²) in [5, 5.41) is 3.31. The number of methoxy groups -OCH3 is 1. The van der Waals surface area contributed by atoms with Gasteiger partial charge in [-0.3, -0.25) is 4.79 Å². The summed E-state index contributed by atoms with van der Waals surface area (Å²) < 4.78 is 16.1. The average molecular weight is 314 g/mol. The van der Waals surface area contributed by atoms with Crippen molar-refractivity contribution in [1.29, 1.82) is 0 Å². The minimum atomic E-state index is -0.136. The highest BCUT2D eigenvalue weighted by atomic mass is 35.5. The van der Waals surface area contributed by atoms with Gasteiger partial charge in [0.15, 0.2) is 0 Å². The Morgan fingerprint density at radius 2 is 2.38 bits per heavy atom. The van der Waals surface area contributed by atoms with Gasteiger partial charge in [-0.15, -0.1) is 0 Å². The molecule has 1 fully saturated rings. The van der Waals surface area contributed by atoms with Crippen LogP contribution in [0.2, 0.25) is 5.02 Å². The number of amides is 1. The van der Waals surface area contributed by atoms with Crippen molar-refractivity contribution in [3.63, 3.8) is 0 Å². The molecule has 0 aromatic heterocycles. The first-order valence-corrected chi connectivity index (χ1v) is 7.39. The smallest absolute Gasteiger partial charge is 0.226 e. The lowest BCUT2D eigenvalue weighted by Crippen LogP contribution is -2.18. The van der Waals surface area contributed by atoms with Gasteiger partial charge in [-0.25, -0.2) is 0 Å². The molecule has 0 aliphatic carbocycles. The molecule has 1 atom stereocenters. The zero-order chi connectivity index (χ0) is 15.1. The third-order valence-electron chi connectivity index (χ3n) is 3.24. The second-order valence-corrected chi connectivity index (χ2v) is 5.29. The number of anilines is 1. The van der Waals surface area contributed by atoms with E-state index in [1.54, 1.807) is 25.3 Å². The molecular weight excluding hydrogens is 294 g/mol. The highest BCUT2D eigenvalue weighted by Gasteiger charge is 2.15. The second-order valence-electron chi connectivity index (χ2n) is 4.85. The van der Waals surface area contributed by atoms with Gasteiger partial charge in [0.2, 0.25) is 5.91 Å². The quantitative estimate of drug-likeness (QED) is 0.786. The number of rotatable bonds is 7. The number of hydrogen-bond donors (Lipinski definition) is 1. The van der Waals surface area contributed by atoms with Gasteiger partial charge in [-0.2, -0.15) is 0 Å². The van der Waals surface area contributed by atoms with Gasteiger partial charge in [0.25, 0.3) is 0 Å². The molecule has 0 radical (unpaired) electrons. The fourth-order valence-corrected chi connectivity index (χ4v) is 2.32. The second kappa shape index (κ2) is 8.22. The molecule has 1 aromatic carbocycles. The fourth-order valence-electron chi connectivity index (χ4n) is 2.15. The van der Waals surface area contributed by atoms with Gasteiger partial charge in [0.1, 0.15) is 5.75 Å². The molecule has 1 saturated heterocycles. The van der Waals surface area contributed by atoms with Crippen LogP contribution in [0.15, 0.2) is 18.2 Å². The summed E-state index contributed by atoms with van der Waals surface area (Å²) in [7, 11) is 1.55. The summed E-state index contributed by atoms with van der Waals surface area (Å²) in [6.45, 7) is 1.73. The average Bonchev–Trinajstić information content (AvgIpc) is 2.97. The Labute approximate surface area is 129 Å². The van der Waals surface area contributed by atoms with Crippen LogP contribution in [0.4, 0.5) is 5.69 Å². The van der Waals surface area contributed by atoms with E-state index in [9.17, 15) is 4.79 Å². The molecule has 1 amide bonds. The van der Waals surface area contributed by atoms with Crippen molar-refractivity contribution in [2.24, 2.45) is 0 Å². The molecule has 2 rings (SSSR count). The number of carbonyl (C=O) groups is 1. The van der Waals surface area contributed by atoms with Crippen molar-refractivity contribution < 1.29 is 19.0 Å². The molecule has 5 nitrogen and oxygen atoms in total. The maximum atomic E-state index is 11.9. The Balaban J connectivity index is 1.72. The maximum Gasteiger partial charge on any atom is 0.226 e. The molecule has 0 spiro atoms.